The maximum Gasteiger partial charge on any atom is 0.283 e. The topological polar surface area (TPSA) is 127 Å². The fourth-order valence-corrected chi connectivity index (χ4v) is 2.30. The van der Waals surface area contributed by atoms with Crippen molar-refractivity contribution in [2.45, 2.75) is 36.7 Å². The van der Waals surface area contributed by atoms with Crippen molar-refractivity contribution in [1.29, 1.82) is 0 Å². The summed E-state index contributed by atoms with van der Waals surface area (Å²) in [4.78, 5) is 0. The van der Waals surface area contributed by atoms with Crippen molar-refractivity contribution in [2.75, 3.05) is 0 Å². The Morgan fingerprint density at radius 1 is 1.07 bits per heavy atom. The average Bonchev–Trinajstić information content (AvgIpc) is 2.06. The molecule has 5 atom stereocenters. The second-order valence-electron chi connectivity index (χ2n) is 3.36. The summed E-state index contributed by atoms with van der Waals surface area (Å²) in [5.41, 5.74) is 0. The van der Waals surface area contributed by atoms with Gasteiger partial charge in [0.25, 0.3) is 10.1 Å². The molecule has 1 aliphatic heterocycles. The minimum atomic E-state index is -4.50. The Morgan fingerprint density at radius 2 is 1.57 bits per heavy atom. The number of rotatable bonds is 1. The molecule has 1 saturated heterocycles. The van der Waals surface area contributed by atoms with Gasteiger partial charge in [0.05, 0.1) is 6.10 Å². The molecule has 0 aromatic carbocycles. The third kappa shape index (κ3) is 2.05. The summed E-state index contributed by atoms with van der Waals surface area (Å²) in [7, 11) is -4.50. The summed E-state index contributed by atoms with van der Waals surface area (Å²) in [6, 6.07) is -0.736. The molecule has 1 rings (SSSR count). The largest absolute Gasteiger partial charge is 0.389 e. The van der Waals surface area contributed by atoms with Gasteiger partial charge in [0.2, 0.25) is 0 Å². The van der Waals surface area contributed by atoms with E-state index in [2.05, 4.69) is 5.32 Å². The van der Waals surface area contributed by atoms with Crippen molar-refractivity contribution in [1.82, 2.24) is 5.32 Å². The molecule has 0 bridgehead atoms. The lowest BCUT2D eigenvalue weighted by Gasteiger charge is -2.38. The van der Waals surface area contributed by atoms with Crippen LogP contribution in [-0.2, 0) is 10.1 Å². The fourth-order valence-electron chi connectivity index (χ4n) is 1.40. The monoisotopic (exact) mass is 227 g/mol. The lowest BCUT2D eigenvalue weighted by atomic mass is 9.97. The van der Waals surface area contributed by atoms with Gasteiger partial charge in [0, 0.05) is 6.04 Å². The summed E-state index contributed by atoms with van der Waals surface area (Å²) < 4.78 is 30.2. The molecule has 0 aromatic heterocycles. The van der Waals surface area contributed by atoms with E-state index in [0.29, 0.717) is 0 Å². The molecular weight excluding hydrogens is 214 g/mol. The van der Waals surface area contributed by atoms with E-state index in [1.807, 2.05) is 0 Å². The molecule has 0 amide bonds. The fraction of sp³-hybridized carbons (Fsp3) is 1.00. The van der Waals surface area contributed by atoms with Crippen LogP contribution in [0.4, 0.5) is 0 Å². The third-order valence-corrected chi connectivity index (χ3v) is 3.33. The number of hydrogen-bond acceptors (Lipinski definition) is 6. The van der Waals surface area contributed by atoms with Crippen LogP contribution in [0.2, 0.25) is 0 Å². The van der Waals surface area contributed by atoms with E-state index in [0.717, 1.165) is 0 Å². The van der Waals surface area contributed by atoms with Crippen molar-refractivity contribution in [3.8, 4) is 0 Å². The number of hydrogen-bond donors (Lipinski definition) is 5. The smallest absolute Gasteiger partial charge is 0.283 e. The van der Waals surface area contributed by atoms with Crippen LogP contribution in [0.3, 0.4) is 0 Å². The zero-order valence-electron chi connectivity index (χ0n) is 7.40. The van der Waals surface area contributed by atoms with E-state index >= 15 is 0 Å². The Bertz CT molecular complexity index is 303. The molecule has 1 fully saturated rings. The summed E-state index contributed by atoms with van der Waals surface area (Å²) in [6.45, 7) is 1.43. The highest BCUT2D eigenvalue weighted by Gasteiger charge is 2.45. The van der Waals surface area contributed by atoms with E-state index in [-0.39, 0.29) is 0 Å². The SMILES string of the molecule is C[C@H]1N[C@@H](S(=O)(=O)O)[C@H](O)[C@H](O)[C@@H]1O. The third-order valence-electron chi connectivity index (χ3n) is 2.27. The Kier molecular flexibility index (Phi) is 3.14. The van der Waals surface area contributed by atoms with Crippen LogP contribution in [0.15, 0.2) is 0 Å². The first-order valence-corrected chi connectivity index (χ1v) is 5.52. The first-order valence-electron chi connectivity index (χ1n) is 4.01. The number of piperidine rings is 1. The van der Waals surface area contributed by atoms with Crippen LogP contribution in [-0.4, -0.2) is 58.0 Å². The predicted octanol–water partition coefficient (Wildman–Crippen LogP) is -2.73. The molecule has 5 N–H and O–H groups in total. The standard InChI is InChI=1S/C6H13NO6S/c1-2-3(8)4(9)5(10)6(7-2)14(11,12)13/h2-10H,1H3,(H,11,12,13)/t2-,3-,4-,5-,6+/m1/s1. The number of nitrogens with one attached hydrogen (secondary N) is 1. The van der Waals surface area contributed by atoms with Crippen molar-refractivity contribution >= 4 is 10.1 Å². The van der Waals surface area contributed by atoms with Gasteiger partial charge in [0.15, 0.2) is 5.37 Å². The predicted molar refractivity (Wildman–Crippen MR) is 46.0 cm³/mol. The van der Waals surface area contributed by atoms with Crippen LogP contribution >= 0.6 is 0 Å². The van der Waals surface area contributed by atoms with Crippen LogP contribution in [0.25, 0.3) is 0 Å². The van der Waals surface area contributed by atoms with Crippen molar-refractivity contribution in [3.63, 3.8) is 0 Å². The Morgan fingerprint density at radius 3 is 2.00 bits per heavy atom. The van der Waals surface area contributed by atoms with E-state index in [1.54, 1.807) is 0 Å². The van der Waals surface area contributed by atoms with Gasteiger partial charge in [-0.05, 0) is 6.92 Å². The summed E-state index contributed by atoms with van der Waals surface area (Å²) in [6.07, 6.45) is -4.63. The summed E-state index contributed by atoms with van der Waals surface area (Å²) in [5, 5.41) is 28.4. The highest BCUT2D eigenvalue weighted by Crippen LogP contribution is 2.18. The van der Waals surface area contributed by atoms with Crippen LogP contribution in [0.1, 0.15) is 6.92 Å². The van der Waals surface area contributed by atoms with Crippen molar-refractivity contribution in [3.05, 3.63) is 0 Å². The molecule has 0 aromatic rings. The zero-order valence-corrected chi connectivity index (χ0v) is 8.22. The molecule has 0 aliphatic carbocycles. The molecule has 1 heterocycles. The molecule has 84 valence electrons. The van der Waals surface area contributed by atoms with E-state index in [1.165, 1.54) is 6.92 Å². The number of aliphatic hydroxyl groups excluding tert-OH is 3. The van der Waals surface area contributed by atoms with Gasteiger partial charge in [-0.1, -0.05) is 0 Å². The zero-order chi connectivity index (χ0) is 11.1. The van der Waals surface area contributed by atoms with Crippen molar-refractivity contribution in [2.24, 2.45) is 0 Å². The maximum absolute atomic E-state index is 10.7. The van der Waals surface area contributed by atoms with Gasteiger partial charge in [-0.25, -0.2) is 0 Å². The van der Waals surface area contributed by atoms with Gasteiger partial charge >= 0.3 is 0 Å². The molecule has 0 unspecified atom stereocenters. The van der Waals surface area contributed by atoms with Gasteiger partial charge in [-0.3, -0.25) is 9.87 Å². The lowest BCUT2D eigenvalue weighted by Crippen LogP contribution is -2.65. The molecule has 0 radical (unpaired) electrons. The second kappa shape index (κ2) is 3.72. The van der Waals surface area contributed by atoms with Crippen LogP contribution in [0.5, 0.6) is 0 Å². The van der Waals surface area contributed by atoms with Crippen molar-refractivity contribution < 1.29 is 28.3 Å². The summed E-state index contributed by atoms with van der Waals surface area (Å²) in [5.74, 6) is 0. The van der Waals surface area contributed by atoms with E-state index in [4.69, 9.17) is 4.55 Å². The highest BCUT2D eigenvalue weighted by molar-refractivity contribution is 7.86. The molecule has 0 saturated carbocycles. The number of aliphatic hydroxyl groups is 3. The summed E-state index contributed by atoms with van der Waals surface area (Å²) >= 11 is 0. The highest BCUT2D eigenvalue weighted by atomic mass is 32.2. The van der Waals surface area contributed by atoms with Crippen LogP contribution < -0.4 is 5.32 Å². The molecule has 0 spiro atoms. The van der Waals surface area contributed by atoms with E-state index < -0.39 is 39.8 Å². The minimum absolute atomic E-state index is 0.736. The maximum atomic E-state index is 10.7. The lowest BCUT2D eigenvalue weighted by molar-refractivity contribution is -0.0986. The van der Waals surface area contributed by atoms with Gasteiger partial charge in [-0.15, -0.1) is 0 Å². The van der Waals surface area contributed by atoms with Gasteiger partial charge in [-0.2, -0.15) is 8.42 Å². The van der Waals surface area contributed by atoms with Crippen LogP contribution in [0, 0.1) is 0 Å². The first kappa shape index (κ1) is 11.8. The minimum Gasteiger partial charge on any atom is -0.389 e. The second-order valence-corrected chi connectivity index (χ2v) is 4.90. The molecule has 8 heteroatoms. The quantitative estimate of drug-likeness (QED) is 0.308. The Labute approximate surface area is 81.1 Å². The van der Waals surface area contributed by atoms with Gasteiger partial charge < -0.3 is 15.3 Å². The Balaban J connectivity index is 2.92. The average molecular weight is 227 g/mol. The Hall–Kier alpha value is -0.250. The normalized spacial score (nSPS) is 45.1. The molecule has 14 heavy (non-hydrogen) atoms. The first-order chi connectivity index (χ1) is 6.25. The molecule has 7 nitrogen and oxygen atoms in total. The molecule has 1 aliphatic rings. The molecular formula is C6H13NO6S. The van der Waals surface area contributed by atoms with E-state index in [9.17, 15) is 23.7 Å². The van der Waals surface area contributed by atoms with Gasteiger partial charge in [0.1, 0.15) is 12.2 Å².